The summed E-state index contributed by atoms with van der Waals surface area (Å²) in [6, 6.07) is 5.29. The molecule has 0 atom stereocenters. The van der Waals surface area contributed by atoms with E-state index in [1.54, 1.807) is 18.3 Å². The molecule has 1 aromatic carbocycles. The third-order valence-electron chi connectivity index (χ3n) is 2.25. The monoisotopic (exact) mass is 265 g/mol. The first-order chi connectivity index (χ1) is 8.24. The molecule has 0 fully saturated rings. The van der Waals surface area contributed by atoms with Gasteiger partial charge in [-0.1, -0.05) is 29.3 Å². The van der Waals surface area contributed by atoms with E-state index in [1.807, 2.05) is 6.07 Å². The molecule has 0 bridgehead atoms. The smallest absolute Gasteiger partial charge is 0.216 e. The molecule has 0 N–H and O–H groups in total. The van der Waals surface area contributed by atoms with Gasteiger partial charge in [0.05, 0.1) is 16.2 Å². The van der Waals surface area contributed by atoms with Crippen LogP contribution in [0.4, 0.5) is 0 Å². The minimum atomic E-state index is 0.453. The predicted molar refractivity (Wildman–Crippen MR) is 64.0 cm³/mol. The van der Waals surface area contributed by atoms with Gasteiger partial charge < -0.3 is 0 Å². The molecule has 0 aliphatic rings. The average Bonchev–Trinajstić information content (AvgIpc) is 2.79. The molecule has 3 aromatic rings. The van der Waals surface area contributed by atoms with Crippen LogP contribution in [0.1, 0.15) is 0 Å². The lowest BCUT2D eigenvalue weighted by Crippen LogP contribution is -1.96. The molecule has 0 radical (unpaired) electrons. The van der Waals surface area contributed by atoms with E-state index in [1.165, 1.54) is 10.8 Å². The van der Waals surface area contributed by atoms with Crippen molar-refractivity contribution in [3.05, 3.63) is 40.8 Å². The Morgan fingerprint density at radius 3 is 2.82 bits per heavy atom. The van der Waals surface area contributed by atoms with Gasteiger partial charge in [0, 0.05) is 5.56 Å². The third kappa shape index (κ3) is 1.83. The number of nitrogens with zero attached hydrogens (tertiary/aromatic N) is 5. The first kappa shape index (κ1) is 10.4. The van der Waals surface area contributed by atoms with Crippen LogP contribution in [0.5, 0.6) is 0 Å². The summed E-state index contributed by atoms with van der Waals surface area (Å²) >= 11 is 11.8. The van der Waals surface area contributed by atoms with Crippen molar-refractivity contribution >= 4 is 29.0 Å². The molecule has 17 heavy (non-hydrogen) atoms. The lowest BCUT2D eigenvalue weighted by Gasteiger charge is -2.02. The molecule has 7 heteroatoms. The standard InChI is InChI=1S/C10H5Cl2N5/c11-7-2-1-6(3-8(7)12)9-4-13-10-15-14-5-17(10)16-9/h1-5H. The summed E-state index contributed by atoms with van der Waals surface area (Å²) in [7, 11) is 0. The largest absolute Gasteiger partial charge is 0.271 e. The molecule has 84 valence electrons. The first-order valence-corrected chi connectivity index (χ1v) is 5.48. The number of benzene rings is 1. The number of rotatable bonds is 1. The van der Waals surface area contributed by atoms with Gasteiger partial charge >= 0.3 is 0 Å². The highest BCUT2D eigenvalue weighted by Crippen LogP contribution is 2.27. The van der Waals surface area contributed by atoms with Gasteiger partial charge in [-0.05, 0) is 12.1 Å². The molecular formula is C10H5Cl2N5. The minimum absolute atomic E-state index is 0.453. The maximum absolute atomic E-state index is 5.95. The van der Waals surface area contributed by atoms with Gasteiger partial charge in [0.25, 0.3) is 5.78 Å². The van der Waals surface area contributed by atoms with Crippen molar-refractivity contribution in [2.24, 2.45) is 0 Å². The zero-order valence-corrected chi connectivity index (χ0v) is 9.89. The van der Waals surface area contributed by atoms with Crippen LogP contribution in [0.25, 0.3) is 17.0 Å². The van der Waals surface area contributed by atoms with Crippen molar-refractivity contribution in [1.82, 2.24) is 24.8 Å². The second-order valence-electron chi connectivity index (χ2n) is 3.35. The summed E-state index contributed by atoms with van der Waals surface area (Å²) in [5.41, 5.74) is 1.51. The quantitative estimate of drug-likeness (QED) is 0.679. The van der Waals surface area contributed by atoms with Crippen molar-refractivity contribution in [3.63, 3.8) is 0 Å². The summed E-state index contributed by atoms with van der Waals surface area (Å²) in [5.74, 6) is 0.453. The van der Waals surface area contributed by atoms with Gasteiger partial charge in [-0.25, -0.2) is 4.98 Å². The van der Waals surface area contributed by atoms with E-state index in [0.717, 1.165) is 5.56 Å². The topological polar surface area (TPSA) is 56.0 Å². The van der Waals surface area contributed by atoms with Gasteiger partial charge in [0.15, 0.2) is 0 Å². The number of aromatic nitrogens is 5. The average molecular weight is 266 g/mol. The fourth-order valence-corrected chi connectivity index (χ4v) is 1.73. The van der Waals surface area contributed by atoms with Gasteiger partial charge in [-0.3, -0.25) is 0 Å². The molecule has 0 spiro atoms. The minimum Gasteiger partial charge on any atom is -0.216 e. The van der Waals surface area contributed by atoms with Crippen LogP contribution in [-0.4, -0.2) is 24.8 Å². The number of hydrogen-bond donors (Lipinski definition) is 0. The molecular weight excluding hydrogens is 261 g/mol. The maximum Gasteiger partial charge on any atom is 0.271 e. The van der Waals surface area contributed by atoms with E-state index in [2.05, 4.69) is 20.3 Å². The van der Waals surface area contributed by atoms with E-state index in [-0.39, 0.29) is 0 Å². The van der Waals surface area contributed by atoms with E-state index in [9.17, 15) is 0 Å². The lowest BCUT2D eigenvalue weighted by molar-refractivity contribution is 0.905. The SMILES string of the molecule is Clc1ccc(-c2cnc3nncn3n2)cc1Cl. The van der Waals surface area contributed by atoms with Crippen molar-refractivity contribution in [3.8, 4) is 11.3 Å². The van der Waals surface area contributed by atoms with E-state index in [0.29, 0.717) is 21.5 Å². The summed E-state index contributed by atoms with van der Waals surface area (Å²) in [5, 5.41) is 12.8. The zero-order valence-electron chi connectivity index (χ0n) is 8.38. The Balaban J connectivity index is 2.16. The van der Waals surface area contributed by atoms with Crippen molar-refractivity contribution in [2.45, 2.75) is 0 Å². The molecule has 0 aliphatic heterocycles. The Kier molecular flexibility index (Phi) is 2.42. The van der Waals surface area contributed by atoms with Crippen LogP contribution < -0.4 is 0 Å². The van der Waals surface area contributed by atoms with Crippen LogP contribution >= 0.6 is 23.2 Å². The van der Waals surface area contributed by atoms with Crippen LogP contribution in [0.15, 0.2) is 30.7 Å². The second-order valence-corrected chi connectivity index (χ2v) is 4.16. The van der Waals surface area contributed by atoms with Crippen LogP contribution in [-0.2, 0) is 0 Å². The highest BCUT2D eigenvalue weighted by molar-refractivity contribution is 6.42. The Bertz CT molecular complexity index is 694. The van der Waals surface area contributed by atoms with Crippen LogP contribution in [0.2, 0.25) is 10.0 Å². The highest BCUT2D eigenvalue weighted by Gasteiger charge is 2.06. The summed E-state index contributed by atoms with van der Waals surface area (Å²) in [4.78, 5) is 4.12. The summed E-state index contributed by atoms with van der Waals surface area (Å²) in [6.45, 7) is 0. The molecule has 0 saturated carbocycles. The molecule has 0 aliphatic carbocycles. The molecule has 5 nitrogen and oxygen atoms in total. The summed E-state index contributed by atoms with van der Waals surface area (Å²) in [6.07, 6.45) is 3.10. The lowest BCUT2D eigenvalue weighted by atomic mass is 10.2. The summed E-state index contributed by atoms with van der Waals surface area (Å²) < 4.78 is 1.50. The maximum atomic E-state index is 5.95. The molecule has 0 unspecified atom stereocenters. The van der Waals surface area contributed by atoms with Gasteiger partial charge in [-0.15, -0.1) is 10.2 Å². The van der Waals surface area contributed by atoms with Crippen LogP contribution in [0.3, 0.4) is 0 Å². The van der Waals surface area contributed by atoms with Crippen molar-refractivity contribution in [1.29, 1.82) is 0 Å². The number of halogens is 2. The van der Waals surface area contributed by atoms with Gasteiger partial charge in [-0.2, -0.15) is 9.61 Å². The van der Waals surface area contributed by atoms with Gasteiger partial charge in [0.2, 0.25) is 0 Å². The second kappa shape index (κ2) is 3.94. The normalized spacial score (nSPS) is 10.9. The fraction of sp³-hybridized carbons (Fsp3) is 0. The Morgan fingerprint density at radius 2 is 2.00 bits per heavy atom. The molecule has 2 aromatic heterocycles. The predicted octanol–water partition coefficient (Wildman–Crippen LogP) is 2.49. The molecule has 3 rings (SSSR count). The number of hydrogen-bond acceptors (Lipinski definition) is 4. The fourth-order valence-electron chi connectivity index (χ4n) is 1.43. The zero-order chi connectivity index (χ0) is 11.8. The Morgan fingerprint density at radius 1 is 1.12 bits per heavy atom. The third-order valence-corrected chi connectivity index (χ3v) is 2.99. The van der Waals surface area contributed by atoms with E-state index >= 15 is 0 Å². The molecule has 0 amide bonds. The van der Waals surface area contributed by atoms with Gasteiger partial charge in [0.1, 0.15) is 12.0 Å². The van der Waals surface area contributed by atoms with E-state index < -0.39 is 0 Å². The molecule has 2 heterocycles. The molecule has 0 saturated heterocycles. The Hall–Kier alpha value is -1.72. The van der Waals surface area contributed by atoms with Crippen molar-refractivity contribution < 1.29 is 0 Å². The first-order valence-electron chi connectivity index (χ1n) is 4.72. The van der Waals surface area contributed by atoms with Crippen molar-refractivity contribution in [2.75, 3.05) is 0 Å². The number of fused-ring (bicyclic) bond motifs is 1. The Labute approximate surface area is 106 Å². The van der Waals surface area contributed by atoms with E-state index in [4.69, 9.17) is 23.2 Å². The van der Waals surface area contributed by atoms with Crippen LogP contribution in [0, 0.1) is 0 Å². The highest BCUT2D eigenvalue weighted by atomic mass is 35.5.